The first-order valence-corrected chi connectivity index (χ1v) is 6.62. The van der Waals surface area contributed by atoms with E-state index in [1.54, 1.807) is 0 Å². The smallest absolute Gasteiger partial charge is 0.252 e. The molecule has 5 nitrogen and oxygen atoms in total. The lowest BCUT2D eigenvalue weighted by atomic mass is 9.83. The number of fused-ring (bicyclic) bond motifs is 1. The molecule has 3 aliphatic heterocycles. The molecular formula is C12H20N4O. The molecule has 2 N–H and O–H groups in total. The Morgan fingerprint density at radius 2 is 2.41 bits per heavy atom. The molecule has 3 aliphatic rings. The Morgan fingerprint density at radius 3 is 3.24 bits per heavy atom. The molecule has 5 heteroatoms. The fraction of sp³-hybridized carbons (Fsp3) is 0.833. The average molecular weight is 236 g/mol. The van der Waals surface area contributed by atoms with Crippen molar-refractivity contribution in [2.24, 2.45) is 4.99 Å². The summed E-state index contributed by atoms with van der Waals surface area (Å²) < 4.78 is 0. The van der Waals surface area contributed by atoms with Crippen LogP contribution >= 0.6 is 0 Å². The van der Waals surface area contributed by atoms with E-state index < -0.39 is 0 Å². The van der Waals surface area contributed by atoms with E-state index in [9.17, 15) is 4.79 Å². The molecule has 0 saturated carbocycles. The second-order valence-corrected chi connectivity index (χ2v) is 5.27. The van der Waals surface area contributed by atoms with E-state index in [0.717, 1.165) is 19.4 Å². The van der Waals surface area contributed by atoms with E-state index in [1.807, 2.05) is 6.92 Å². The van der Waals surface area contributed by atoms with Crippen molar-refractivity contribution in [1.82, 2.24) is 15.5 Å². The van der Waals surface area contributed by atoms with Crippen LogP contribution in [0.3, 0.4) is 0 Å². The Morgan fingerprint density at radius 1 is 1.53 bits per heavy atom. The van der Waals surface area contributed by atoms with Gasteiger partial charge in [-0.1, -0.05) is 0 Å². The number of piperidine rings is 1. The van der Waals surface area contributed by atoms with Gasteiger partial charge in [-0.15, -0.1) is 0 Å². The van der Waals surface area contributed by atoms with Gasteiger partial charge in [-0.2, -0.15) is 0 Å². The van der Waals surface area contributed by atoms with Crippen LogP contribution in [0.5, 0.6) is 0 Å². The zero-order valence-corrected chi connectivity index (χ0v) is 10.3. The van der Waals surface area contributed by atoms with Crippen LogP contribution in [0.2, 0.25) is 0 Å². The second-order valence-electron chi connectivity index (χ2n) is 5.27. The molecule has 2 atom stereocenters. The maximum atomic E-state index is 12.2. The van der Waals surface area contributed by atoms with Crippen LogP contribution < -0.4 is 10.6 Å². The first kappa shape index (κ1) is 11.0. The normalized spacial score (nSPS) is 39.5. The van der Waals surface area contributed by atoms with Gasteiger partial charge in [0.05, 0.1) is 0 Å². The summed E-state index contributed by atoms with van der Waals surface area (Å²) in [6.07, 6.45) is 4.34. The minimum absolute atomic E-state index is 0.122. The molecule has 0 radical (unpaired) electrons. The molecule has 17 heavy (non-hydrogen) atoms. The summed E-state index contributed by atoms with van der Waals surface area (Å²) in [6, 6.07) is 0.586. The SMILES string of the molecule is CCN=C1NC(=O)C2(CCN3CCCC3C2)N1. The summed E-state index contributed by atoms with van der Waals surface area (Å²) in [5.41, 5.74) is -0.375. The monoisotopic (exact) mass is 236 g/mol. The Kier molecular flexibility index (Phi) is 2.58. The molecule has 3 heterocycles. The topological polar surface area (TPSA) is 56.7 Å². The molecule has 3 rings (SSSR count). The van der Waals surface area contributed by atoms with Gasteiger partial charge in [-0.3, -0.25) is 15.1 Å². The zero-order valence-electron chi connectivity index (χ0n) is 10.3. The molecule has 0 aromatic rings. The second kappa shape index (κ2) is 3.98. The number of aliphatic imine (C=N–C) groups is 1. The minimum atomic E-state index is -0.375. The largest absolute Gasteiger partial charge is 0.342 e. The van der Waals surface area contributed by atoms with E-state index >= 15 is 0 Å². The van der Waals surface area contributed by atoms with Crippen molar-refractivity contribution in [2.75, 3.05) is 19.6 Å². The highest BCUT2D eigenvalue weighted by molar-refractivity contribution is 6.09. The lowest BCUT2D eigenvalue weighted by molar-refractivity contribution is -0.126. The van der Waals surface area contributed by atoms with Gasteiger partial charge in [-0.25, -0.2) is 0 Å². The van der Waals surface area contributed by atoms with Crippen molar-refractivity contribution in [3.05, 3.63) is 0 Å². The number of carbonyl (C=O) groups excluding carboxylic acids is 1. The molecule has 0 aliphatic carbocycles. The zero-order chi connectivity index (χ0) is 11.9. The predicted molar refractivity (Wildman–Crippen MR) is 65.8 cm³/mol. The van der Waals surface area contributed by atoms with Crippen molar-refractivity contribution < 1.29 is 4.79 Å². The minimum Gasteiger partial charge on any atom is -0.342 e. The molecule has 0 aromatic carbocycles. The predicted octanol–water partition coefficient (Wildman–Crippen LogP) is 0.0787. The van der Waals surface area contributed by atoms with Gasteiger partial charge in [-0.05, 0) is 39.2 Å². The number of hydrogen-bond donors (Lipinski definition) is 2. The van der Waals surface area contributed by atoms with Crippen LogP contribution in [0, 0.1) is 0 Å². The molecule has 3 fully saturated rings. The van der Waals surface area contributed by atoms with E-state index in [2.05, 4.69) is 20.5 Å². The lowest BCUT2D eigenvalue weighted by Gasteiger charge is -2.39. The molecule has 94 valence electrons. The average Bonchev–Trinajstić information content (AvgIpc) is 2.86. The highest BCUT2D eigenvalue weighted by atomic mass is 16.2. The summed E-state index contributed by atoms with van der Waals surface area (Å²) >= 11 is 0. The number of carbonyl (C=O) groups is 1. The Balaban J connectivity index is 1.78. The molecule has 1 amide bonds. The van der Waals surface area contributed by atoms with Crippen molar-refractivity contribution in [2.45, 2.75) is 44.2 Å². The fourth-order valence-electron chi connectivity index (χ4n) is 3.36. The molecule has 0 bridgehead atoms. The number of nitrogens with zero attached hydrogens (tertiary/aromatic N) is 2. The number of nitrogens with one attached hydrogen (secondary N) is 2. The summed E-state index contributed by atoms with van der Waals surface area (Å²) in [4.78, 5) is 18.9. The molecule has 3 saturated heterocycles. The molecule has 2 unspecified atom stereocenters. The summed E-state index contributed by atoms with van der Waals surface area (Å²) in [5.74, 6) is 0.792. The van der Waals surface area contributed by atoms with Gasteiger partial charge in [0, 0.05) is 19.1 Å². The quantitative estimate of drug-likeness (QED) is 0.678. The Bertz CT molecular complexity index is 368. The number of hydrogen-bond acceptors (Lipinski definition) is 3. The van der Waals surface area contributed by atoms with Crippen LogP contribution in [0.15, 0.2) is 4.99 Å². The van der Waals surface area contributed by atoms with E-state index in [0.29, 0.717) is 18.5 Å². The first-order valence-electron chi connectivity index (χ1n) is 6.62. The van der Waals surface area contributed by atoms with E-state index in [1.165, 1.54) is 19.4 Å². The van der Waals surface area contributed by atoms with Gasteiger partial charge in [0.15, 0.2) is 5.96 Å². The van der Waals surface area contributed by atoms with Crippen LogP contribution in [-0.2, 0) is 4.79 Å². The molecule has 0 aromatic heterocycles. The third-order valence-electron chi connectivity index (χ3n) is 4.25. The van der Waals surface area contributed by atoms with Crippen molar-refractivity contribution in [3.8, 4) is 0 Å². The van der Waals surface area contributed by atoms with Gasteiger partial charge < -0.3 is 10.2 Å². The highest BCUT2D eigenvalue weighted by Gasteiger charge is 2.50. The summed E-state index contributed by atoms with van der Waals surface area (Å²) in [5, 5.41) is 6.21. The van der Waals surface area contributed by atoms with Gasteiger partial charge >= 0.3 is 0 Å². The van der Waals surface area contributed by atoms with Crippen molar-refractivity contribution in [3.63, 3.8) is 0 Å². The highest BCUT2D eigenvalue weighted by Crippen LogP contribution is 2.34. The third kappa shape index (κ3) is 1.73. The van der Waals surface area contributed by atoms with Crippen LogP contribution in [0.1, 0.15) is 32.6 Å². The summed E-state index contributed by atoms with van der Waals surface area (Å²) in [6.45, 7) is 4.92. The number of rotatable bonds is 1. The maximum Gasteiger partial charge on any atom is 0.252 e. The standard InChI is InChI=1S/C12H20N4O/c1-2-13-11-14-10(17)12(15-11)5-7-16-6-3-4-9(16)8-12/h9H,2-8H2,1H3,(H2,13,14,15,17). The lowest BCUT2D eigenvalue weighted by Crippen LogP contribution is -2.57. The third-order valence-corrected chi connectivity index (χ3v) is 4.25. The fourth-order valence-corrected chi connectivity index (χ4v) is 3.36. The number of amides is 1. The molecule has 1 spiro atoms. The van der Waals surface area contributed by atoms with E-state index in [4.69, 9.17) is 0 Å². The number of guanidine groups is 1. The Hall–Kier alpha value is -1.10. The van der Waals surface area contributed by atoms with Crippen LogP contribution in [0.25, 0.3) is 0 Å². The summed E-state index contributed by atoms with van der Waals surface area (Å²) in [7, 11) is 0. The maximum absolute atomic E-state index is 12.2. The van der Waals surface area contributed by atoms with Crippen LogP contribution in [0.4, 0.5) is 0 Å². The van der Waals surface area contributed by atoms with Crippen LogP contribution in [-0.4, -0.2) is 48.0 Å². The molecular weight excluding hydrogens is 216 g/mol. The van der Waals surface area contributed by atoms with Gasteiger partial charge in [0.25, 0.3) is 5.91 Å². The first-order chi connectivity index (χ1) is 8.23. The Labute approximate surface area is 102 Å². The van der Waals surface area contributed by atoms with Gasteiger partial charge in [0.1, 0.15) is 5.54 Å². The van der Waals surface area contributed by atoms with E-state index in [-0.39, 0.29) is 11.4 Å². The van der Waals surface area contributed by atoms with Crippen molar-refractivity contribution >= 4 is 11.9 Å². The van der Waals surface area contributed by atoms with Gasteiger partial charge in [0.2, 0.25) is 0 Å². The van der Waals surface area contributed by atoms with Crippen molar-refractivity contribution in [1.29, 1.82) is 0 Å².